The fraction of sp³-hybridized carbons (Fsp3) is 0. The highest BCUT2D eigenvalue weighted by Crippen LogP contribution is 2.29. The molecule has 0 fully saturated rings. The lowest BCUT2D eigenvalue weighted by atomic mass is 10.2. The third-order valence-corrected chi connectivity index (χ3v) is 6.58. The number of nitrogens with zero attached hydrogens (tertiary/aromatic N) is 4. The zero-order chi connectivity index (χ0) is 25.7. The number of sulfonamides is 1. The summed E-state index contributed by atoms with van der Waals surface area (Å²) in [6.07, 6.45) is 5.52. The Balaban J connectivity index is 1.73. The van der Waals surface area contributed by atoms with Crippen molar-refractivity contribution in [1.82, 2.24) is 9.97 Å². The number of non-ortho nitro benzene ring substituents is 1. The maximum absolute atomic E-state index is 13.5. The normalized spacial score (nSPS) is 10.9. The molecule has 4 rings (SSSR count). The van der Waals surface area contributed by atoms with Crippen LogP contribution in [0.5, 0.6) is 5.75 Å². The molecule has 0 atom stereocenters. The van der Waals surface area contributed by atoms with Gasteiger partial charge >= 0.3 is 5.97 Å². The summed E-state index contributed by atoms with van der Waals surface area (Å²) in [5.41, 5.74) is -0.248. The molecule has 0 saturated heterocycles. The highest BCUT2D eigenvalue weighted by molar-refractivity contribution is 7.93. The molecule has 0 aliphatic heterocycles. The van der Waals surface area contributed by atoms with E-state index >= 15 is 0 Å². The molecule has 0 N–H and O–H groups in total. The van der Waals surface area contributed by atoms with Gasteiger partial charge in [0.05, 0.1) is 21.1 Å². The molecule has 0 spiro atoms. The van der Waals surface area contributed by atoms with E-state index in [9.17, 15) is 28.1 Å². The van der Waals surface area contributed by atoms with Crippen LogP contribution in [-0.4, -0.2) is 35.2 Å². The lowest BCUT2D eigenvalue weighted by Gasteiger charge is -2.23. The van der Waals surface area contributed by atoms with Gasteiger partial charge in [0, 0.05) is 42.5 Å². The molecule has 0 saturated carbocycles. The molecule has 1 amide bonds. The summed E-state index contributed by atoms with van der Waals surface area (Å²) in [5, 5.41) is 11.2. The van der Waals surface area contributed by atoms with Crippen molar-refractivity contribution in [3.8, 4) is 5.75 Å². The van der Waals surface area contributed by atoms with Crippen molar-refractivity contribution in [1.29, 1.82) is 0 Å². The number of benzene rings is 2. The van der Waals surface area contributed by atoms with Crippen molar-refractivity contribution in [2.24, 2.45) is 0 Å². The number of carbonyl (C=O) groups is 2. The summed E-state index contributed by atoms with van der Waals surface area (Å²) in [5.74, 6) is -1.46. The summed E-state index contributed by atoms with van der Waals surface area (Å²) in [6.45, 7) is 0. The smallest absolute Gasteiger partial charge is 0.343 e. The molecular weight excluding hydrogens is 488 g/mol. The SMILES string of the molecule is O=C(Oc1ccc(N(C(=O)c2ccncc2)S(=O)(=O)c2cccc([N+](=O)[O-])c2)cc1)c1ccncc1. The molecule has 180 valence electrons. The number of ether oxygens (including phenoxy) is 1. The van der Waals surface area contributed by atoms with E-state index in [1.807, 2.05) is 0 Å². The maximum Gasteiger partial charge on any atom is 0.343 e. The Morgan fingerprint density at radius 1 is 0.833 bits per heavy atom. The summed E-state index contributed by atoms with van der Waals surface area (Å²) in [4.78, 5) is 43.3. The average Bonchev–Trinajstić information content (AvgIpc) is 2.90. The van der Waals surface area contributed by atoms with Crippen molar-refractivity contribution in [3.05, 3.63) is 119 Å². The third-order valence-electron chi connectivity index (χ3n) is 4.88. The van der Waals surface area contributed by atoms with Crippen LogP contribution in [0.3, 0.4) is 0 Å². The highest BCUT2D eigenvalue weighted by Gasteiger charge is 2.33. The van der Waals surface area contributed by atoms with Crippen molar-refractivity contribution < 1.29 is 27.7 Å². The second-order valence-corrected chi connectivity index (χ2v) is 8.97. The number of nitro groups is 1. The van der Waals surface area contributed by atoms with Gasteiger partial charge in [0.15, 0.2) is 0 Å². The van der Waals surface area contributed by atoms with Crippen LogP contribution in [-0.2, 0) is 10.0 Å². The molecule has 36 heavy (non-hydrogen) atoms. The number of pyridine rings is 2. The molecule has 2 aromatic carbocycles. The van der Waals surface area contributed by atoms with Crippen molar-refractivity contribution >= 4 is 33.3 Å². The van der Waals surface area contributed by atoms with Crippen LogP contribution in [0.2, 0.25) is 0 Å². The predicted molar refractivity (Wildman–Crippen MR) is 127 cm³/mol. The first-order valence-corrected chi connectivity index (χ1v) is 11.7. The molecule has 0 aliphatic rings. The Morgan fingerprint density at radius 3 is 2.00 bits per heavy atom. The largest absolute Gasteiger partial charge is 0.423 e. The molecule has 0 bridgehead atoms. The standard InChI is InChI=1S/C24H16N4O7S/c29-23(17-8-12-25-13-9-17)27(36(33,34)22-3-1-2-20(16-22)28(31)32)19-4-6-21(7-5-19)35-24(30)18-10-14-26-15-11-18/h1-16H. The molecular formula is C24H16N4O7S. The van der Waals surface area contributed by atoms with E-state index in [4.69, 9.17) is 4.74 Å². The van der Waals surface area contributed by atoms with E-state index in [-0.39, 0.29) is 22.6 Å². The number of aromatic nitrogens is 2. The number of hydrogen-bond donors (Lipinski definition) is 0. The van der Waals surface area contributed by atoms with E-state index in [1.165, 1.54) is 79.4 Å². The van der Waals surface area contributed by atoms with Crippen LogP contribution in [0.1, 0.15) is 20.7 Å². The van der Waals surface area contributed by atoms with E-state index < -0.39 is 37.4 Å². The molecule has 2 aromatic heterocycles. The second kappa shape index (κ2) is 10.1. The van der Waals surface area contributed by atoms with Gasteiger partial charge in [-0.25, -0.2) is 13.2 Å². The van der Waals surface area contributed by atoms with Crippen molar-refractivity contribution in [3.63, 3.8) is 0 Å². The van der Waals surface area contributed by atoms with Gasteiger partial charge in [-0.05, 0) is 54.6 Å². The number of anilines is 1. The summed E-state index contributed by atoms with van der Waals surface area (Å²) >= 11 is 0. The molecule has 4 aromatic rings. The predicted octanol–water partition coefficient (Wildman–Crippen LogP) is 3.64. The van der Waals surface area contributed by atoms with Gasteiger partial charge in [-0.3, -0.25) is 24.9 Å². The summed E-state index contributed by atoms with van der Waals surface area (Å²) in [7, 11) is -4.59. The second-order valence-electron chi connectivity index (χ2n) is 7.18. The van der Waals surface area contributed by atoms with Gasteiger partial charge in [0.25, 0.3) is 21.6 Å². The molecule has 0 aliphatic carbocycles. The van der Waals surface area contributed by atoms with E-state index in [0.29, 0.717) is 4.31 Å². The van der Waals surface area contributed by atoms with E-state index in [2.05, 4.69) is 9.97 Å². The monoisotopic (exact) mass is 504 g/mol. The van der Waals surface area contributed by atoms with Crippen LogP contribution in [0.25, 0.3) is 0 Å². The zero-order valence-corrected chi connectivity index (χ0v) is 19.1. The fourth-order valence-corrected chi connectivity index (χ4v) is 4.60. The van der Waals surface area contributed by atoms with Crippen molar-refractivity contribution in [2.45, 2.75) is 4.90 Å². The Labute approximate surface area is 204 Å². The lowest BCUT2D eigenvalue weighted by Crippen LogP contribution is -2.37. The Bertz CT molecular complexity index is 1530. The molecule has 2 heterocycles. The topological polar surface area (TPSA) is 150 Å². The number of esters is 1. The van der Waals surface area contributed by atoms with Crippen LogP contribution in [0.4, 0.5) is 11.4 Å². The highest BCUT2D eigenvalue weighted by atomic mass is 32.2. The summed E-state index contributed by atoms with van der Waals surface area (Å²) < 4.78 is 32.9. The minimum atomic E-state index is -4.59. The van der Waals surface area contributed by atoms with E-state index in [0.717, 1.165) is 18.2 Å². The van der Waals surface area contributed by atoms with Gasteiger partial charge in [0.1, 0.15) is 5.75 Å². The minimum absolute atomic E-state index is 0.0206. The molecule has 0 unspecified atom stereocenters. The van der Waals surface area contributed by atoms with Crippen LogP contribution < -0.4 is 9.04 Å². The van der Waals surface area contributed by atoms with Gasteiger partial charge in [-0.1, -0.05) is 6.07 Å². The van der Waals surface area contributed by atoms with E-state index in [1.54, 1.807) is 0 Å². The number of hydrogen-bond acceptors (Lipinski definition) is 9. The molecule has 0 radical (unpaired) electrons. The average molecular weight is 504 g/mol. The van der Waals surface area contributed by atoms with Gasteiger partial charge < -0.3 is 4.74 Å². The number of rotatable bonds is 7. The Kier molecular flexibility index (Phi) is 6.79. The quantitative estimate of drug-likeness (QED) is 0.159. The number of amides is 1. The maximum atomic E-state index is 13.5. The molecule has 11 nitrogen and oxygen atoms in total. The van der Waals surface area contributed by atoms with Crippen molar-refractivity contribution in [2.75, 3.05) is 4.31 Å². The summed E-state index contributed by atoms with van der Waals surface area (Å²) in [6, 6.07) is 15.2. The Hall–Kier alpha value is -4.97. The number of nitro benzene ring substituents is 1. The van der Waals surface area contributed by atoms with Crippen LogP contribution in [0.15, 0.2) is 102 Å². The third kappa shape index (κ3) is 5.08. The van der Waals surface area contributed by atoms with Crippen LogP contribution in [0, 0.1) is 10.1 Å². The first kappa shape index (κ1) is 24.2. The first-order chi connectivity index (χ1) is 17.3. The van der Waals surface area contributed by atoms with Gasteiger partial charge in [0.2, 0.25) is 0 Å². The fourth-order valence-electron chi connectivity index (χ4n) is 3.14. The first-order valence-electron chi connectivity index (χ1n) is 10.2. The van der Waals surface area contributed by atoms with Gasteiger partial charge in [-0.2, -0.15) is 4.31 Å². The minimum Gasteiger partial charge on any atom is -0.423 e. The zero-order valence-electron chi connectivity index (χ0n) is 18.3. The van der Waals surface area contributed by atoms with Crippen LogP contribution >= 0.6 is 0 Å². The van der Waals surface area contributed by atoms with Gasteiger partial charge in [-0.15, -0.1) is 0 Å². The Morgan fingerprint density at radius 2 is 1.42 bits per heavy atom. The number of carbonyl (C=O) groups excluding carboxylic acids is 2. The lowest BCUT2D eigenvalue weighted by molar-refractivity contribution is -0.385. The molecule has 12 heteroatoms.